The second kappa shape index (κ2) is 7.42. The first kappa shape index (κ1) is 17.9. The van der Waals surface area contributed by atoms with Crippen LogP contribution in [0, 0.1) is 0 Å². The fraction of sp³-hybridized carbons (Fsp3) is 0.125. The van der Waals surface area contributed by atoms with Gasteiger partial charge in [0, 0.05) is 0 Å². The van der Waals surface area contributed by atoms with E-state index in [4.69, 9.17) is 33.7 Å². The summed E-state index contributed by atoms with van der Waals surface area (Å²) in [6, 6.07) is 8.42. The number of carbonyl (C=O) groups is 2. The van der Waals surface area contributed by atoms with Crippen molar-refractivity contribution in [2.24, 2.45) is 5.73 Å². The molecule has 2 aromatic carbocycles. The predicted molar refractivity (Wildman–Crippen MR) is 88.2 cm³/mol. The second-order valence-corrected chi connectivity index (χ2v) is 5.74. The van der Waals surface area contributed by atoms with Crippen LogP contribution in [0.15, 0.2) is 36.4 Å². The van der Waals surface area contributed by atoms with Crippen LogP contribution in [0.5, 0.6) is 11.5 Å². The zero-order valence-corrected chi connectivity index (χ0v) is 13.7. The Morgan fingerprint density at radius 2 is 1.46 bits per heavy atom. The highest BCUT2D eigenvalue weighted by Gasteiger charge is 2.26. The molecule has 1 amide bonds. The Morgan fingerprint density at radius 3 is 1.83 bits per heavy atom. The lowest BCUT2D eigenvalue weighted by molar-refractivity contribution is -0.148. The molecule has 0 aliphatic heterocycles. The number of phenolic OH excluding ortho intramolecular Hbond substituents is 2. The van der Waals surface area contributed by atoms with E-state index in [1.807, 2.05) is 0 Å². The second-order valence-electron chi connectivity index (χ2n) is 4.93. The van der Waals surface area contributed by atoms with E-state index in [0.29, 0.717) is 11.1 Å². The van der Waals surface area contributed by atoms with Gasteiger partial charge in [0.1, 0.15) is 17.4 Å². The number of halogens is 2. The monoisotopic (exact) mass is 369 g/mol. The summed E-state index contributed by atoms with van der Waals surface area (Å²) in [5.41, 5.74) is 5.80. The lowest BCUT2D eigenvalue weighted by Crippen LogP contribution is -2.24. The van der Waals surface area contributed by atoms with Crippen LogP contribution in [0.1, 0.15) is 17.0 Å². The van der Waals surface area contributed by atoms with E-state index in [1.165, 1.54) is 36.4 Å². The zero-order valence-electron chi connectivity index (χ0n) is 12.2. The quantitative estimate of drug-likeness (QED) is 0.701. The molecule has 6 nitrogen and oxygen atoms in total. The molecule has 126 valence electrons. The number of carbonyl (C=O) groups excluding carboxylic acids is 2. The predicted octanol–water partition coefficient (Wildman–Crippen LogP) is 2.57. The van der Waals surface area contributed by atoms with Gasteiger partial charge in [0.05, 0.1) is 10.0 Å². The molecule has 2 aromatic rings. The van der Waals surface area contributed by atoms with Gasteiger partial charge in [0.2, 0.25) is 0 Å². The summed E-state index contributed by atoms with van der Waals surface area (Å²) in [6.45, 7) is -0.576. The normalized spacial score (nSPS) is 10.6. The minimum Gasteiger partial charge on any atom is -0.506 e. The van der Waals surface area contributed by atoms with Crippen LogP contribution in [0.4, 0.5) is 0 Å². The summed E-state index contributed by atoms with van der Waals surface area (Å²) >= 11 is 11.8. The molecular weight excluding hydrogens is 357 g/mol. The van der Waals surface area contributed by atoms with Crippen molar-refractivity contribution >= 4 is 35.1 Å². The van der Waals surface area contributed by atoms with E-state index in [1.54, 1.807) is 0 Å². The summed E-state index contributed by atoms with van der Waals surface area (Å²) in [4.78, 5) is 23.2. The number of benzene rings is 2. The molecule has 0 aromatic heterocycles. The van der Waals surface area contributed by atoms with Crippen molar-refractivity contribution in [3.63, 3.8) is 0 Å². The summed E-state index contributed by atoms with van der Waals surface area (Å²) in [5.74, 6) is -2.81. The molecule has 4 N–H and O–H groups in total. The summed E-state index contributed by atoms with van der Waals surface area (Å²) in [7, 11) is 0. The molecule has 2 rings (SSSR count). The fourth-order valence-electron chi connectivity index (χ4n) is 2.10. The Hall–Kier alpha value is -2.44. The number of nitrogens with two attached hydrogens (primary N) is 1. The molecule has 0 bridgehead atoms. The third-order valence-electron chi connectivity index (χ3n) is 3.20. The molecule has 0 saturated carbocycles. The first-order valence-corrected chi connectivity index (χ1v) is 7.47. The van der Waals surface area contributed by atoms with E-state index >= 15 is 0 Å². The van der Waals surface area contributed by atoms with E-state index < -0.39 is 24.4 Å². The highest BCUT2D eigenvalue weighted by atomic mass is 35.5. The number of aromatic hydroxyl groups is 2. The van der Waals surface area contributed by atoms with Crippen molar-refractivity contribution in [2.75, 3.05) is 6.61 Å². The van der Waals surface area contributed by atoms with Gasteiger partial charge in [-0.05, 0) is 35.4 Å². The molecule has 0 saturated heterocycles. The average molecular weight is 370 g/mol. The molecule has 0 radical (unpaired) electrons. The van der Waals surface area contributed by atoms with Crippen molar-refractivity contribution in [1.29, 1.82) is 0 Å². The van der Waals surface area contributed by atoms with Crippen molar-refractivity contribution in [2.45, 2.75) is 5.92 Å². The van der Waals surface area contributed by atoms with Gasteiger partial charge in [0.15, 0.2) is 6.61 Å². The van der Waals surface area contributed by atoms with Crippen LogP contribution >= 0.6 is 23.2 Å². The third kappa shape index (κ3) is 4.10. The van der Waals surface area contributed by atoms with Crippen LogP contribution < -0.4 is 5.73 Å². The van der Waals surface area contributed by atoms with Crippen molar-refractivity contribution < 1.29 is 24.5 Å². The molecule has 8 heteroatoms. The highest BCUT2D eigenvalue weighted by molar-refractivity contribution is 6.32. The lowest BCUT2D eigenvalue weighted by atomic mass is 9.91. The Labute approximate surface area is 147 Å². The Morgan fingerprint density at radius 1 is 1.00 bits per heavy atom. The highest BCUT2D eigenvalue weighted by Crippen LogP contribution is 2.34. The zero-order chi connectivity index (χ0) is 17.9. The van der Waals surface area contributed by atoms with Crippen molar-refractivity contribution in [3.8, 4) is 11.5 Å². The molecule has 0 heterocycles. The van der Waals surface area contributed by atoms with Crippen LogP contribution in [0.25, 0.3) is 0 Å². The van der Waals surface area contributed by atoms with E-state index in [-0.39, 0.29) is 21.5 Å². The van der Waals surface area contributed by atoms with Gasteiger partial charge in [-0.2, -0.15) is 0 Å². The van der Waals surface area contributed by atoms with Gasteiger partial charge >= 0.3 is 5.97 Å². The fourth-order valence-corrected chi connectivity index (χ4v) is 2.47. The maximum atomic E-state index is 12.4. The van der Waals surface area contributed by atoms with Gasteiger partial charge in [-0.1, -0.05) is 35.3 Å². The van der Waals surface area contributed by atoms with Gasteiger partial charge in [-0.25, -0.2) is 0 Å². The largest absolute Gasteiger partial charge is 0.506 e. The maximum Gasteiger partial charge on any atom is 0.318 e. The van der Waals surface area contributed by atoms with Crippen LogP contribution in [0.2, 0.25) is 10.0 Å². The van der Waals surface area contributed by atoms with E-state index in [9.17, 15) is 19.8 Å². The number of amides is 1. The summed E-state index contributed by atoms with van der Waals surface area (Å²) < 4.78 is 4.89. The number of rotatable bonds is 5. The third-order valence-corrected chi connectivity index (χ3v) is 3.81. The van der Waals surface area contributed by atoms with Crippen LogP contribution in [-0.2, 0) is 14.3 Å². The Bertz CT molecular complexity index is 743. The Balaban J connectivity index is 2.47. The molecule has 0 spiro atoms. The maximum absolute atomic E-state index is 12.4. The molecule has 0 atom stereocenters. The Kier molecular flexibility index (Phi) is 5.54. The van der Waals surface area contributed by atoms with Crippen LogP contribution in [0.3, 0.4) is 0 Å². The number of esters is 1. The van der Waals surface area contributed by atoms with Gasteiger partial charge < -0.3 is 20.7 Å². The van der Waals surface area contributed by atoms with Crippen LogP contribution in [-0.4, -0.2) is 28.7 Å². The molecule has 0 fully saturated rings. The summed E-state index contributed by atoms with van der Waals surface area (Å²) in [5, 5.41) is 19.1. The molecule has 24 heavy (non-hydrogen) atoms. The van der Waals surface area contributed by atoms with E-state index in [2.05, 4.69) is 0 Å². The number of primary amides is 1. The smallest absolute Gasteiger partial charge is 0.318 e. The van der Waals surface area contributed by atoms with Crippen molar-refractivity contribution in [3.05, 3.63) is 57.6 Å². The molecule has 0 aliphatic carbocycles. The summed E-state index contributed by atoms with van der Waals surface area (Å²) in [6.07, 6.45) is 0. The number of hydrogen-bond donors (Lipinski definition) is 3. The lowest BCUT2D eigenvalue weighted by Gasteiger charge is -2.17. The number of phenols is 2. The standard InChI is InChI=1S/C16H13Cl2NO5/c17-10-5-8(1-3-12(10)20)15(16(23)24-7-14(19)22)9-2-4-13(21)11(18)6-9/h1-6,15,20-21H,7H2,(H2,19,22). The number of ether oxygens (including phenoxy) is 1. The van der Waals surface area contributed by atoms with Crippen molar-refractivity contribution in [1.82, 2.24) is 0 Å². The first-order chi connectivity index (χ1) is 11.3. The minimum atomic E-state index is -0.972. The van der Waals surface area contributed by atoms with E-state index in [0.717, 1.165) is 0 Å². The average Bonchev–Trinajstić information content (AvgIpc) is 2.52. The van der Waals surface area contributed by atoms with Gasteiger partial charge in [-0.3, -0.25) is 9.59 Å². The topological polar surface area (TPSA) is 110 Å². The SMILES string of the molecule is NC(=O)COC(=O)C(c1ccc(O)c(Cl)c1)c1ccc(O)c(Cl)c1. The van der Waals surface area contributed by atoms with Gasteiger partial charge in [0.25, 0.3) is 5.91 Å². The molecular formula is C16H13Cl2NO5. The molecule has 0 unspecified atom stereocenters. The number of hydrogen-bond acceptors (Lipinski definition) is 5. The van der Waals surface area contributed by atoms with Gasteiger partial charge in [-0.15, -0.1) is 0 Å². The molecule has 0 aliphatic rings. The first-order valence-electron chi connectivity index (χ1n) is 6.71. The minimum absolute atomic E-state index is 0.0464.